The molecule has 2 nitrogen and oxygen atoms in total. The summed E-state index contributed by atoms with van der Waals surface area (Å²) in [6, 6.07) is 1.13. The quantitative estimate of drug-likeness (QED) is 0.796. The molecule has 0 aromatic rings. The molecular weight excluding hydrogens is 210 g/mol. The fourth-order valence-corrected chi connectivity index (χ4v) is 3.54. The Labute approximate surface area is 95.4 Å². The Balaban J connectivity index is 1.62. The zero-order valence-electron chi connectivity index (χ0n) is 9.59. The van der Waals surface area contributed by atoms with E-state index in [0.29, 0.717) is 18.6 Å². The fourth-order valence-electron chi connectivity index (χ4n) is 3.54. The molecule has 0 amide bonds. The van der Waals surface area contributed by atoms with Gasteiger partial charge in [-0.2, -0.15) is 0 Å². The minimum Gasteiger partial charge on any atom is -0.309 e. The van der Waals surface area contributed by atoms with Crippen LogP contribution in [0, 0.1) is 5.41 Å². The van der Waals surface area contributed by atoms with Crippen LogP contribution in [-0.4, -0.2) is 43.0 Å². The average Bonchev–Trinajstić information content (AvgIpc) is 2.51. The Bertz CT molecular complexity index is 254. The van der Waals surface area contributed by atoms with E-state index in [1.54, 1.807) is 0 Å². The molecule has 1 N–H and O–H groups in total. The van der Waals surface area contributed by atoms with Crippen LogP contribution in [0.1, 0.15) is 32.1 Å². The summed E-state index contributed by atoms with van der Waals surface area (Å²) in [5.41, 5.74) is -0.656. The maximum atomic E-state index is 13.1. The third kappa shape index (κ3) is 1.76. The van der Waals surface area contributed by atoms with Gasteiger partial charge in [0.1, 0.15) is 0 Å². The number of piperazine rings is 1. The van der Waals surface area contributed by atoms with E-state index < -0.39 is 11.8 Å². The first kappa shape index (κ1) is 10.9. The first-order chi connectivity index (χ1) is 7.68. The predicted octanol–water partition coefficient (Wildman–Crippen LogP) is 1.86. The van der Waals surface area contributed by atoms with Gasteiger partial charge in [0, 0.05) is 37.1 Å². The number of hydrogen-bond donors (Lipinski definition) is 1. The normalized spacial score (nSPS) is 37.7. The Kier molecular flexibility index (Phi) is 2.67. The molecule has 0 radical (unpaired) electrons. The molecule has 3 fully saturated rings. The second-order valence-corrected chi connectivity index (χ2v) is 5.85. The SMILES string of the molecule is FC(F)C1(CN2CC3CCC(C2)N3)CCC1. The van der Waals surface area contributed by atoms with Gasteiger partial charge in [0.15, 0.2) is 0 Å². The molecule has 1 aliphatic carbocycles. The second-order valence-electron chi connectivity index (χ2n) is 5.85. The van der Waals surface area contributed by atoms with Gasteiger partial charge >= 0.3 is 0 Å². The van der Waals surface area contributed by atoms with E-state index in [2.05, 4.69) is 10.2 Å². The van der Waals surface area contributed by atoms with Crippen molar-refractivity contribution in [2.75, 3.05) is 19.6 Å². The van der Waals surface area contributed by atoms with E-state index in [1.165, 1.54) is 12.8 Å². The number of alkyl halides is 2. The number of hydrogen-bond acceptors (Lipinski definition) is 2. The Hall–Kier alpha value is -0.220. The van der Waals surface area contributed by atoms with Crippen molar-refractivity contribution in [3.05, 3.63) is 0 Å². The van der Waals surface area contributed by atoms with Gasteiger partial charge in [0.2, 0.25) is 6.43 Å². The van der Waals surface area contributed by atoms with Crippen molar-refractivity contribution in [3.8, 4) is 0 Å². The van der Waals surface area contributed by atoms with Crippen LogP contribution in [0.15, 0.2) is 0 Å². The maximum absolute atomic E-state index is 13.1. The van der Waals surface area contributed by atoms with Crippen LogP contribution < -0.4 is 5.32 Å². The minimum absolute atomic E-state index is 0.563. The first-order valence-corrected chi connectivity index (χ1v) is 6.44. The van der Waals surface area contributed by atoms with Crippen molar-refractivity contribution in [2.45, 2.75) is 50.6 Å². The molecule has 92 valence electrons. The largest absolute Gasteiger partial charge is 0.309 e. The van der Waals surface area contributed by atoms with Gasteiger partial charge in [-0.1, -0.05) is 6.42 Å². The molecule has 2 aliphatic heterocycles. The lowest BCUT2D eigenvalue weighted by molar-refractivity contribution is -0.0831. The molecule has 2 saturated heterocycles. The molecule has 0 aromatic heterocycles. The summed E-state index contributed by atoms with van der Waals surface area (Å²) in [6.07, 6.45) is 2.76. The monoisotopic (exact) mass is 230 g/mol. The molecule has 3 aliphatic rings. The summed E-state index contributed by atoms with van der Waals surface area (Å²) in [4.78, 5) is 2.28. The summed E-state index contributed by atoms with van der Waals surface area (Å²) < 4.78 is 26.1. The van der Waals surface area contributed by atoms with Gasteiger partial charge in [-0.3, -0.25) is 4.90 Å². The van der Waals surface area contributed by atoms with Gasteiger partial charge in [0.05, 0.1) is 0 Å². The number of fused-ring (bicyclic) bond motifs is 2. The third-order valence-corrected chi connectivity index (χ3v) is 4.64. The van der Waals surface area contributed by atoms with Crippen LogP contribution in [-0.2, 0) is 0 Å². The summed E-state index contributed by atoms with van der Waals surface area (Å²) in [7, 11) is 0. The second kappa shape index (κ2) is 3.91. The van der Waals surface area contributed by atoms with Crippen molar-refractivity contribution in [1.29, 1.82) is 0 Å². The van der Waals surface area contributed by atoms with Gasteiger partial charge in [-0.05, 0) is 25.7 Å². The molecule has 1 saturated carbocycles. The molecule has 0 aromatic carbocycles. The highest BCUT2D eigenvalue weighted by Gasteiger charge is 2.47. The summed E-state index contributed by atoms with van der Waals surface area (Å²) in [5.74, 6) is 0. The van der Waals surface area contributed by atoms with Gasteiger partial charge in [-0.25, -0.2) is 8.78 Å². The maximum Gasteiger partial charge on any atom is 0.245 e. The zero-order chi connectivity index (χ0) is 11.2. The zero-order valence-corrected chi connectivity index (χ0v) is 9.59. The third-order valence-electron chi connectivity index (χ3n) is 4.64. The van der Waals surface area contributed by atoms with Crippen molar-refractivity contribution < 1.29 is 8.78 Å². The van der Waals surface area contributed by atoms with Crippen LogP contribution in [0.4, 0.5) is 8.78 Å². The topological polar surface area (TPSA) is 15.3 Å². The van der Waals surface area contributed by atoms with E-state index in [1.807, 2.05) is 0 Å². The van der Waals surface area contributed by atoms with E-state index in [9.17, 15) is 8.78 Å². The van der Waals surface area contributed by atoms with Gasteiger partial charge < -0.3 is 5.32 Å². The van der Waals surface area contributed by atoms with E-state index >= 15 is 0 Å². The summed E-state index contributed by atoms with van der Waals surface area (Å²) in [5, 5.41) is 3.54. The number of nitrogens with one attached hydrogen (secondary N) is 1. The van der Waals surface area contributed by atoms with Crippen molar-refractivity contribution in [1.82, 2.24) is 10.2 Å². The molecule has 0 spiro atoms. The van der Waals surface area contributed by atoms with Crippen LogP contribution in [0.2, 0.25) is 0 Å². The smallest absolute Gasteiger partial charge is 0.245 e. The number of halogens is 2. The Morgan fingerprint density at radius 2 is 1.81 bits per heavy atom. The lowest BCUT2D eigenvalue weighted by atomic mass is 9.68. The van der Waals surface area contributed by atoms with Crippen LogP contribution in [0.3, 0.4) is 0 Å². The van der Waals surface area contributed by atoms with Crippen LogP contribution >= 0.6 is 0 Å². The van der Waals surface area contributed by atoms with E-state index in [-0.39, 0.29) is 0 Å². The molecule has 2 unspecified atom stereocenters. The molecule has 16 heavy (non-hydrogen) atoms. The lowest BCUT2D eigenvalue weighted by Gasteiger charge is -2.46. The average molecular weight is 230 g/mol. The van der Waals surface area contributed by atoms with Gasteiger partial charge in [-0.15, -0.1) is 0 Å². The number of likely N-dealkylation sites (tertiary alicyclic amines) is 1. The molecule has 2 heterocycles. The Morgan fingerprint density at radius 1 is 1.19 bits per heavy atom. The van der Waals surface area contributed by atoms with Gasteiger partial charge in [0.25, 0.3) is 0 Å². The number of rotatable bonds is 3. The minimum atomic E-state index is -2.13. The predicted molar refractivity (Wildman–Crippen MR) is 58.7 cm³/mol. The highest BCUT2D eigenvalue weighted by molar-refractivity contribution is 4.98. The highest BCUT2D eigenvalue weighted by atomic mass is 19.3. The fraction of sp³-hybridized carbons (Fsp3) is 1.00. The van der Waals surface area contributed by atoms with E-state index in [0.717, 1.165) is 32.4 Å². The summed E-state index contributed by atoms with van der Waals surface area (Å²) in [6.45, 7) is 2.58. The van der Waals surface area contributed by atoms with Crippen molar-refractivity contribution in [2.24, 2.45) is 5.41 Å². The van der Waals surface area contributed by atoms with Crippen LogP contribution in [0.5, 0.6) is 0 Å². The lowest BCUT2D eigenvalue weighted by Crippen LogP contribution is -2.56. The van der Waals surface area contributed by atoms with E-state index in [4.69, 9.17) is 0 Å². The number of nitrogens with zero attached hydrogens (tertiary/aromatic N) is 1. The van der Waals surface area contributed by atoms with Crippen molar-refractivity contribution in [3.63, 3.8) is 0 Å². The Morgan fingerprint density at radius 3 is 2.25 bits per heavy atom. The molecule has 2 bridgehead atoms. The highest BCUT2D eigenvalue weighted by Crippen LogP contribution is 2.46. The standard InChI is InChI=1S/C12H20F2N2/c13-11(14)12(4-1-5-12)8-16-6-9-2-3-10(7-16)15-9/h9-11,15H,1-8H2. The van der Waals surface area contributed by atoms with Crippen LogP contribution in [0.25, 0.3) is 0 Å². The summed E-state index contributed by atoms with van der Waals surface area (Å²) >= 11 is 0. The molecule has 2 atom stereocenters. The molecule has 3 rings (SSSR count). The van der Waals surface area contributed by atoms with Crippen molar-refractivity contribution >= 4 is 0 Å². The molecular formula is C12H20F2N2. The molecule has 4 heteroatoms. The first-order valence-electron chi connectivity index (χ1n) is 6.44.